The van der Waals surface area contributed by atoms with Gasteiger partial charge in [0.2, 0.25) is 0 Å². The van der Waals surface area contributed by atoms with Crippen LogP contribution in [0, 0.1) is 5.82 Å². The summed E-state index contributed by atoms with van der Waals surface area (Å²) in [5, 5.41) is 0. The molecule has 2 nitrogen and oxygen atoms in total. The summed E-state index contributed by atoms with van der Waals surface area (Å²) in [5.41, 5.74) is 3.97. The molecule has 94 valence electrons. The largest absolute Gasteiger partial charge is 0.271 e. The molecule has 1 atom stereocenters. The van der Waals surface area contributed by atoms with Gasteiger partial charge in [-0.15, -0.1) is 18.3 Å². The van der Waals surface area contributed by atoms with E-state index in [2.05, 4.69) is 12.0 Å². The molecule has 0 aliphatic carbocycles. The van der Waals surface area contributed by atoms with Gasteiger partial charge in [-0.05, 0) is 44.0 Å². The number of benzene rings is 1. The minimum atomic E-state index is -0.204. The van der Waals surface area contributed by atoms with Crippen LogP contribution in [0.4, 0.5) is 4.39 Å². The molecule has 17 heavy (non-hydrogen) atoms. The zero-order chi connectivity index (χ0) is 12.7. The van der Waals surface area contributed by atoms with Gasteiger partial charge in [0.1, 0.15) is 5.82 Å². The van der Waals surface area contributed by atoms with Crippen molar-refractivity contribution in [3.05, 3.63) is 42.2 Å². The third-order valence-electron chi connectivity index (χ3n) is 2.42. The predicted octanol–water partition coefficient (Wildman–Crippen LogP) is 3.11. The number of thioether (sulfide) groups is 1. The van der Waals surface area contributed by atoms with Gasteiger partial charge in [-0.2, -0.15) is 0 Å². The van der Waals surface area contributed by atoms with E-state index in [1.165, 1.54) is 12.1 Å². The molecular weight excluding hydrogens is 235 g/mol. The second-order valence-electron chi connectivity index (χ2n) is 4.12. The van der Waals surface area contributed by atoms with Gasteiger partial charge in [-0.3, -0.25) is 11.3 Å². The zero-order valence-electron chi connectivity index (χ0n) is 10.1. The average Bonchev–Trinajstić information content (AvgIpc) is 2.31. The Morgan fingerprint density at radius 1 is 1.47 bits per heavy atom. The van der Waals surface area contributed by atoms with Crippen molar-refractivity contribution in [2.24, 2.45) is 5.84 Å². The first-order chi connectivity index (χ1) is 8.11. The minimum Gasteiger partial charge on any atom is -0.271 e. The Morgan fingerprint density at radius 3 is 2.65 bits per heavy atom. The van der Waals surface area contributed by atoms with Crippen LogP contribution in [0.1, 0.15) is 19.8 Å². The number of nitrogens with one attached hydrogen (secondary N) is 1. The van der Waals surface area contributed by atoms with E-state index < -0.39 is 0 Å². The molecule has 0 saturated heterocycles. The van der Waals surface area contributed by atoms with Crippen LogP contribution in [0.3, 0.4) is 0 Å². The second kappa shape index (κ2) is 7.48. The number of nitrogens with two attached hydrogens (primary N) is 1. The first kappa shape index (κ1) is 14.2. The first-order valence-electron chi connectivity index (χ1n) is 5.60. The number of hydrazine groups is 1. The molecule has 0 spiro atoms. The van der Waals surface area contributed by atoms with E-state index in [-0.39, 0.29) is 11.9 Å². The molecule has 4 heteroatoms. The summed E-state index contributed by atoms with van der Waals surface area (Å²) in [5.74, 6) is 6.16. The Morgan fingerprint density at radius 2 is 2.12 bits per heavy atom. The molecule has 1 aromatic carbocycles. The second-order valence-corrected chi connectivity index (χ2v) is 5.22. The number of hydrogen-bond acceptors (Lipinski definition) is 3. The molecule has 3 N–H and O–H groups in total. The average molecular weight is 254 g/mol. The van der Waals surface area contributed by atoms with Crippen molar-refractivity contribution in [1.29, 1.82) is 0 Å². The fourth-order valence-corrected chi connectivity index (χ4v) is 2.35. The van der Waals surface area contributed by atoms with Crippen LogP contribution < -0.4 is 11.3 Å². The predicted molar refractivity (Wildman–Crippen MR) is 72.3 cm³/mol. The molecule has 0 aliphatic heterocycles. The molecule has 0 amide bonds. The number of halogens is 1. The number of rotatable bonds is 7. The monoisotopic (exact) mass is 254 g/mol. The van der Waals surface area contributed by atoms with Crippen LogP contribution in [0.5, 0.6) is 0 Å². The van der Waals surface area contributed by atoms with E-state index in [0.717, 1.165) is 29.1 Å². The summed E-state index contributed by atoms with van der Waals surface area (Å²) in [6.07, 6.45) is 1.94. The van der Waals surface area contributed by atoms with Crippen LogP contribution >= 0.6 is 11.8 Å². The highest BCUT2D eigenvalue weighted by atomic mass is 32.2. The number of hydrogen-bond donors (Lipinski definition) is 2. The minimum absolute atomic E-state index is 0.204. The van der Waals surface area contributed by atoms with Gasteiger partial charge in [-0.25, -0.2) is 4.39 Å². The molecule has 1 aromatic rings. The fraction of sp³-hybridized carbons (Fsp3) is 0.385. The lowest BCUT2D eigenvalue weighted by molar-refractivity contribution is 0.538. The molecule has 0 fully saturated rings. The maximum Gasteiger partial charge on any atom is 0.123 e. The summed E-state index contributed by atoms with van der Waals surface area (Å²) >= 11 is 1.67. The summed E-state index contributed by atoms with van der Waals surface area (Å²) in [6.45, 7) is 5.89. The Balaban J connectivity index is 2.36. The maximum atomic E-state index is 12.7. The highest BCUT2D eigenvalue weighted by Gasteiger charge is 2.07. The highest BCUT2D eigenvalue weighted by Crippen LogP contribution is 2.20. The molecule has 0 bridgehead atoms. The Labute approximate surface area is 106 Å². The Hall–Kier alpha value is -0.840. The summed E-state index contributed by atoms with van der Waals surface area (Å²) in [7, 11) is 0. The Bertz CT molecular complexity index is 351. The number of allylic oxidation sites excluding steroid dienone is 1. The molecular formula is C13H19FN2S. The lowest BCUT2D eigenvalue weighted by atomic mass is 10.1. The van der Waals surface area contributed by atoms with Crippen molar-refractivity contribution < 1.29 is 4.39 Å². The first-order valence-corrected chi connectivity index (χ1v) is 6.59. The molecule has 1 rings (SSSR count). The van der Waals surface area contributed by atoms with E-state index in [1.807, 2.05) is 6.92 Å². The quantitative estimate of drug-likeness (QED) is 0.340. The van der Waals surface area contributed by atoms with Gasteiger partial charge in [0.15, 0.2) is 0 Å². The smallest absolute Gasteiger partial charge is 0.123 e. The molecule has 0 aromatic heterocycles. The van der Waals surface area contributed by atoms with Crippen molar-refractivity contribution >= 4 is 11.8 Å². The van der Waals surface area contributed by atoms with E-state index >= 15 is 0 Å². The lowest BCUT2D eigenvalue weighted by Gasteiger charge is -2.15. The van der Waals surface area contributed by atoms with Crippen LogP contribution in [0.25, 0.3) is 0 Å². The fourth-order valence-electron chi connectivity index (χ4n) is 1.36. The molecule has 1 unspecified atom stereocenters. The lowest BCUT2D eigenvalue weighted by Crippen LogP contribution is -2.36. The van der Waals surface area contributed by atoms with E-state index in [4.69, 9.17) is 5.84 Å². The standard InChI is InChI=1S/C13H19FN2S/c1-10(2)3-6-12(16-15)9-17-13-7-4-11(14)5-8-13/h4-5,7-8,12,16H,1,3,6,9,15H2,2H3. The van der Waals surface area contributed by atoms with Crippen molar-refractivity contribution in [2.45, 2.75) is 30.7 Å². The Kier molecular flexibility index (Phi) is 6.26. The maximum absolute atomic E-state index is 12.7. The van der Waals surface area contributed by atoms with Gasteiger partial charge in [0, 0.05) is 16.7 Å². The molecule has 0 aliphatic rings. The van der Waals surface area contributed by atoms with E-state index in [1.54, 1.807) is 23.9 Å². The molecule has 0 saturated carbocycles. The summed E-state index contributed by atoms with van der Waals surface area (Å²) in [6, 6.07) is 6.77. The SMILES string of the molecule is C=C(C)CCC(CSc1ccc(F)cc1)NN. The molecule has 0 heterocycles. The van der Waals surface area contributed by atoms with Gasteiger partial charge in [0.05, 0.1) is 0 Å². The van der Waals surface area contributed by atoms with Gasteiger partial charge < -0.3 is 0 Å². The summed E-state index contributed by atoms with van der Waals surface area (Å²) < 4.78 is 12.7. The van der Waals surface area contributed by atoms with Crippen LogP contribution in [-0.2, 0) is 0 Å². The third-order valence-corrected chi connectivity index (χ3v) is 3.59. The van der Waals surface area contributed by atoms with Crippen LogP contribution in [0.2, 0.25) is 0 Å². The van der Waals surface area contributed by atoms with E-state index in [9.17, 15) is 4.39 Å². The highest BCUT2D eigenvalue weighted by molar-refractivity contribution is 7.99. The third kappa shape index (κ3) is 5.86. The van der Waals surface area contributed by atoms with Gasteiger partial charge in [-0.1, -0.05) is 5.57 Å². The zero-order valence-corrected chi connectivity index (χ0v) is 10.9. The van der Waals surface area contributed by atoms with Crippen molar-refractivity contribution in [3.63, 3.8) is 0 Å². The summed E-state index contributed by atoms with van der Waals surface area (Å²) in [4.78, 5) is 1.06. The van der Waals surface area contributed by atoms with Crippen LogP contribution in [-0.4, -0.2) is 11.8 Å². The van der Waals surface area contributed by atoms with Gasteiger partial charge >= 0.3 is 0 Å². The van der Waals surface area contributed by atoms with E-state index in [0.29, 0.717) is 0 Å². The van der Waals surface area contributed by atoms with Crippen molar-refractivity contribution in [3.8, 4) is 0 Å². The van der Waals surface area contributed by atoms with Crippen molar-refractivity contribution in [1.82, 2.24) is 5.43 Å². The molecule has 0 radical (unpaired) electrons. The van der Waals surface area contributed by atoms with Crippen molar-refractivity contribution in [2.75, 3.05) is 5.75 Å². The van der Waals surface area contributed by atoms with Gasteiger partial charge in [0.25, 0.3) is 0 Å². The van der Waals surface area contributed by atoms with Crippen LogP contribution in [0.15, 0.2) is 41.3 Å². The normalized spacial score (nSPS) is 12.4. The topological polar surface area (TPSA) is 38.0 Å².